The molecule has 0 aromatic carbocycles. The van der Waals surface area contributed by atoms with Crippen LogP contribution < -0.4 is 0 Å². The Morgan fingerprint density at radius 1 is 0.933 bits per heavy atom. The van der Waals surface area contributed by atoms with E-state index in [1.54, 1.807) is 0 Å². The highest BCUT2D eigenvalue weighted by Crippen LogP contribution is 2.14. The summed E-state index contributed by atoms with van der Waals surface area (Å²) in [6, 6.07) is 2.12. The van der Waals surface area contributed by atoms with Crippen LogP contribution >= 0.6 is 0 Å². The van der Waals surface area contributed by atoms with E-state index in [9.17, 15) is 0 Å². The van der Waals surface area contributed by atoms with Crippen molar-refractivity contribution in [3.63, 3.8) is 0 Å². The van der Waals surface area contributed by atoms with Crippen LogP contribution in [0.1, 0.15) is 48.5 Å². The molecule has 1 unspecified atom stereocenters. The molecule has 0 amide bonds. The summed E-state index contributed by atoms with van der Waals surface area (Å²) in [7, 11) is 0. The third-order valence-electron chi connectivity index (χ3n) is 3.10. The molecule has 2 heteroatoms. The third-order valence-corrected chi connectivity index (χ3v) is 3.10. The van der Waals surface area contributed by atoms with Crippen LogP contribution in [0.15, 0.2) is 0 Å². The van der Waals surface area contributed by atoms with Crippen LogP contribution in [0.4, 0.5) is 0 Å². The molecule has 0 aromatic rings. The maximum absolute atomic E-state index is 2.60. The Labute approximate surface area is 96.6 Å². The minimum atomic E-state index is 0.698. The summed E-state index contributed by atoms with van der Waals surface area (Å²) in [5.41, 5.74) is 0. The Kier molecular flexibility index (Phi) is 7.20. The SMILES string of the molecule is CC.CC(C)N1CCN(C(C)C)C(C)C1. The fourth-order valence-electron chi connectivity index (χ4n) is 2.24. The van der Waals surface area contributed by atoms with Crippen molar-refractivity contribution in [3.8, 4) is 0 Å². The van der Waals surface area contributed by atoms with Gasteiger partial charge in [-0.3, -0.25) is 9.80 Å². The summed E-state index contributed by atoms with van der Waals surface area (Å²) >= 11 is 0. The largest absolute Gasteiger partial charge is 0.298 e. The van der Waals surface area contributed by atoms with E-state index in [4.69, 9.17) is 0 Å². The van der Waals surface area contributed by atoms with Gasteiger partial charge in [0, 0.05) is 37.8 Å². The van der Waals surface area contributed by atoms with Crippen LogP contribution in [0, 0.1) is 0 Å². The van der Waals surface area contributed by atoms with E-state index >= 15 is 0 Å². The highest BCUT2D eigenvalue weighted by molar-refractivity contribution is 4.82. The molecule has 1 atom stereocenters. The van der Waals surface area contributed by atoms with Gasteiger partial charge in [-0.15, -0.1) is 0 Å². The van der Waals surface area contributed by atoms with E-state index in [0.29, 0.717) is 12.1 Å². The average Bonchev–Trinajstić information content (AvgIpc) is 2.20. The zero-order valence-corrected chi connectivity index (χ0v) is 11.7. The predicted octanol–water partition coefficient (Wildman–Crippen LogP) is 2.84. The van der Waals surface area contributed by atoms with E-state index in [0.717, 1.165) is 6.04 Å². The first-order chi connectivity index (χ1) is 7.02. The molecule has 1 heterocycles. The van der Waals surface area contributed by atoms with Crippen molar-refractivity contribution in [2.45, 2.75) is 66.6 Å². The maximum atomic E-state index is 2.60. The first kappa shape index (κ1) is 14.9. The van der Waals surface area contributed by atoms with Crippen molar-refractivity contribution in [1.82, 2.24) is 9.80 Å². The van der Waals surface area contributed by atoms with Crippen molar-refractivity contribution in [1.29, 1.82) is 0 Å². The highest BCUT2D eigenvalue weighted by atomic mass is 15.3. The smallest absolute Gasteiger partial charge is 0.0198 e. The molecule has 15 heavy (non-hydrogen) atoms. The van der Waals surface area contributed by atoms with Crippen LogP contribution in [0.25, 0.3) is 0 Å². The second kappa shape index (κ2) is 7.24. The molecule has 1 rings (SSSR count). The molecule has 92 valence electrons. The zero-order valence-electron chi connectivity index (χ0n) is 11.7. The summed E-state index contributed by atoms with van der Waals surface area (Å²) in [6.07, 6.45) is 0. The van der Waals surface area contributed by atoms with Gasteiger partial charge in [0.1, 0.15) is 0 Å². The van der Waals surface area contributed by atoms with Gasteiger partial charge in [0.2, 0.25) is 0 Å². The van der Waals surface area contributed by atoms with Crippen molar-refractivity contribution in [3.05, 3.63) is 0 Å². The number of hydrogen-bond donors (Lipinski definition) is 0. The van der Waals surface area contributed by atoms with E-state index in [2.05, 4.69) is 44.4 Å². The van der Waals surface area contributed by atoms with Gasteiger partial charge in [-0.2, -0.15) is 0 Å². The molecule has 0 N–H and O–H groups in total. The lowest BCUT2D eigenvalue weighted by Crippen LogP contribution is -2.55. The highest BCUT2D eigenvalue weighted by Gasteiger charge is 2.26. The molecule has 0 spiro atoms. The van der Waals surface area contributed by atoms with E-state index in [1.165, 1.54) is 19.6 Å². The fraction of sp³-hybridized carbons (Fsp3) is 1.00. The van der Waals surface area contributed by atoms with Gasteiger partial charge in [0.05, 0.1) is 0 Å². The monoisotopic (exact) mass is 214 g/mol. The number of piperazine rings is 1. The minimum Gasteiger partial charge on any atom is -0.298 e. The zero-order chi connectivity index (χ0) is 12.0. The predicted molar refractivity (Wildman–Crippen MR) is 69.4 cm³/mol. The second-order valence-corrected chi connectivity index (χ2v) is 4.77. The third kappa shape index (κ3) is 4.52. The summed E-state index contributed by atoms with van der Waals surface area (Å²) in [4.78, 5) is 5.17. The molecule has 2 nitrogen and oxygen atoms in total. The van der Waals surface area contributed by atoms with Crippen molar-refractivity contribution in [2.75, 3.05) is 19.6 Å². The summed E-state index contributed by atoms with van der Waals surface area (Å²) in [5.74, 6) is 0. The first-order valence-electron chi connectivity index (χ1n) is 6.52. The summed E-state index contributed by atoms with van der Waals surface area (Å²) < 4.78 is 0. The Morgan fingerprint density at radius 3 is 1.80 bits per heavy atom. The van der Waals surface area contributed by atoms with Gasteiger partial charge in [0.25, 0.3) is 0 Å². The van der Waals surface area contributed by atoms with Crippen LogP contribution in [-0.2, 0) is 0 Å². The van der Waals surface area contributed by atoms with E-state index in [1.807, 2.05) is 13.8 Å². The molecule has 0 bridgehead atoms. The molecule has 1 aliphatic rings. The van der Waals surface area contributed by atoms with Crippen molar-refractivity contribution in [2.24, 2.45) is 0 Å². The van der Waals surface area contributed by atoms with Crippen molar-refractivity contribution >= 4 is 0 Å². The Hall–Kier alpha value is -0.0800. The second-order valence-electron chi connectivity index (χ2n) is 4.77. The lowest BCUT2D eigenvalue weighted by Gasteiger charge is -2.43. The van der Waals surface area contributed by atoms with Gasteiger partial charge >= 0.3 is 0 Å². The quantitative estimate of drug-likeness (QED) is 0.697. The molecular formula is C13H30N2. The van der Waals surface area contributed by atoms with Gasteiger partial charge < -0.3 is 0 Å². The topological polar surface area (TPSA) is 6.48 Å². The Morgan fingerprint density at radius 2 is 1.47 bits per heavy atom. The van der Waals surface area contributed by atoms with Crippen LogP contribution in [0.5, 0.6) is 0 Å². The number of nitrogens with zero attached hydrogens (tertiary/aromatic N) is 2. The lowest BCUT2D eigenvalue weighted by molar-refractivity contribution is 0.0447. The molecule has 0 aromatic heterocycles. The molecule has 1 fully saturated rings. The number of hydrogen-bond acceptors (Lipinski definition) is 2. The average molecular weight is 214 g/mol. The number of rotatable bonds is 2. The summed E-state index contributed by atoms with van der Waals surface area (Å²) in [5, 5.41) is 0. The van der Waals surface area contributed by atoms with Gasteiger partial charge in [-0.1, -0.05) is 13.8 Å². The normalized spacial score (nSPS) is 24.2. The van der Waals surface area contributed by atoms with Crippen LogP contribution in [0.2, 0.25) is 0 Å². The van der Waals surface area contributed by atoms with Crippen molar-refractivity contribution < 1.29 is 0 Å². The molecule has 0 aliphatic carbocycles. The molecule has 0 radical (unpaired) electrons. The molecule has 0 saturated carbocycles. The van der Waals surface area contributed by atoms with E-state index in [-0.39, 0.29) is 0 Å². The molecular weight excluding hydrogens is 184 g/mol. The molecule has 1 aliphatic heterocycles. The van der Waals surface area contributed by atoms with Gasteiger partial charge in [-0.25, -0.2) is 0 Å². The standard InChI is InChI=1S/C11H24N2.C2H6/c1-9(2)12-6-7-13(10(3)4)11(5)8-12;1-2/h9-11H,6-8H2,1-5H3;1-2H3. The van der Waals surface area contributed by atoms with Crippen LogP contribution in [-0.4, -0.2) is 47.6 Å². The van der Waals surface area contributed by atoms with Crippen LogP contribution in [0.3, 0.4) is 0 Å². The first-order valence-corrected chi connectivity index (χ1v) is 6.52. The fourth-order valence-corrected chi connectivity index (χ4v) is 2.24. The lowest BCUT2D eigenvalue weighted by atomic mass is 10.1. The van der Waals surface area contributed by atoms with Gasteiger partial charge in [0.15, 0.2) is 0 Å². The molecule has 1 saturated heterocycles. The summed E-state index contributed by atoms with van der Waals surface area (Å²) in [6.45, 7) is 19.2. The van der Waals surface area contributed by atoms with Gasteiger partial charge in [-0.05, 0) is 34.6 Å². The Balaban J connectivity index is 0.000000921. The Bertz CT molecular complexity index is 155. The minimum absolute atomic E-state index is 0.698. The van der Waals surface area contributed by atoms with E-state index < -0.39 is 0 Å². The maximum Gasteiger partial charge on any atom is 0.0198 e.